The van der Waals surface area contributed by atoms with Gasteiger partial charge in [-0.2, -0.15) is 0 Å². The van der Waals surface area contributed by atoms with Gasteiger partial charge < -0.3 is 23.7 Å². The maximum Gasteiger partial charge on any atom is 0.203 e. The molecule has 0 fully saturated rings. The van der Waals surface area contributed by atoms with Gasteiger partial charge in [0.05, 0.1) is 21.3 Å². The summed E-state index contributed by atoms with van der Waals surface area (Å²) in [5.41, 5.74) is 1.28. The number of hydrogen-bond acceptors (Lipinski definition) is 6. The molecule has 0 spiro atoms. The molecule has 1 aliphatic rings. The highest BCUT2D eigenvalue weighted by Crippen LogP contribution is 2.40. The first-order valence-electron chi connectivity index (χ1n) is 8.08. The third-order valence-corrected chi connectivity index (χ3v) is 3.95. The largest absolute Gasteiger partial charge is 0.493 e. The zero-order chi connectivity index (χ0) is 18.5. The van der Waals surface area contributed by atoms with Crippen molar-refractivity contribution in [3.05, 3.63) is 47.5 Å². The van der Waals surface area contributed by atoms with Gasteiger partial charge >= 0.3 is 0 Å². The number of ketones is 1. The SMILES string of the molecule is COc1ccc(C(=O)/C=C/c2cc(OC)c3c(c2)OCCO3)cc1OC. The van der Waals surface area contributed by atoms with Gasteiger partial charge in [0.15, 0.2) is 28.8 Å². The van der Waals surface area contributed by atoms with Crippen LogP contribution in [0, 0.1) is 0 Å². The first kappa shape index (κ1) is 17.7. The summed E-state index contributed by atoms with van der Waals surface area (Å²) in [7, 11) is 4.65. The average Bonchev–Trinajstić information content (AvgIpc) is 2.70. The highest BCUT2D eigenvalue weighted by molar-refractivity contribution is 6.07. The maximum absolute atomic E-state index is 12.5. The Balaban J connectivity index is 1.84. The fourth-order valence-corrected chi connectivity index (χ4v) is 2.65. The van der Waals surface area contributed by atoms with E-state index in [0.717, 1.165) is 5.56 Å². The summed E-state index contributed by atoms with van der Waals surface area (Å²) >= 11 is 0. The molecule has 2 aromatic rings. The standard InChI is InChI=1S/C20H20O6/c1-22-16-7-5-14(12-17(16)23-2)15(21)6-4-13-10-18(24-3)20-19(11-13)25-8-9-26-20/h4-7,10-12H,8-9H2,1-3H3/b6-4+. The van der Waals surface area contributed by atoms with Crippen molar-refractivity contribution in [3.63, 3.8) is 0 Å². The van der Waals surface area contributed by atoms with Crippen LogP contribution in [-0.4, -0.2) is 40.3 Å². The van der Waals surface area contributed by atoms with E-state index >= 15 is 0 Å². The molecule has 0 aromatic heterocycles. The van der Waals surface area contributed by atoms with Crippen molar-refractivity contribution < 1.29 is 28.5 Å². The minimum atomic E-state index is -0.153. The molecule has 136 valence electrons. The molecule has 1 aliphatic heterocycles. The van der Waals surface area contributed by atoms with Crippen molar-refractivity contribution in [2.75, 3.05) is 34.5 Å². The lowest BCUT2D eigenvalue weighted by atomic mass is 10.1. The van der Waals surface area contributed by atoms with Crippen molar-refractivity contribution in [1.29, 1.82) is 0 Å². The quantitative estimate of drug-likeness (QED) is 0.584. The van der Waals surface area contributed by atoms with Gasteiger partial charge in [-0.15, -0.1) is 0 Å². The van der Waals surface area contributed by atoms with Crippen LogP contribution in [0.2, 0.25) is 0 Å². The molecule has 2 aromatic carbocycles. The maximum atomic E-state index is 12.5. The van der Waals surface area contributed by atoms with Gasteiger partial charge in [0.2, 0.25) is 5.75 Å². The summed E-state index contributed by atoms with van der Waals surface area (Å²) in [6.45, 7) is 0.963. The third-order valence-electron chi connectivity index (χ3n) is 3.95. The highest BCUT2D eigenvalue weighted by atomic mass is 16.6. The number of rotatable bonds is 6. The lowest BCUT2D eigenvalue weighted by molar-refractivity contribution is 0.104. The second kappa shape index (κ2) is 7.82. The molecule has 26 heavy (non-hydrogen) atoms. The van der Waals surface area contributed by atoms with E-state index in [1.54, 1.807) is 44.6 Å². The average molecular weight is 356 g/mol. The molecule has 6 heteroatoms. The van der Waals surface area contributed by atoms with E-state index in [9.17, 15) is 4.79 Å². The molecule has 0 atom stereocenters. The van der Waals surface area contributed by atoms with E-state index in [1.807, 2.05) is 6.07 Å². The molecule has 0 N–H and O–H groups in total. The topological polar surface area (TPSA) is 63.2 Å². The minimum Gasteiger partial charge on any atom is -0.493 e. The van der Waals surface area contributed by atoms with Crippen LogP contribution in [-0.2, 0) is 0 Å². The summed E-state index contributed by atoms with van der Waals surface area (Å²) in [6, 6.07) is 8.66. The van der Waals surface area contributed by atoms with Gasteiger partial charge in [0.1, 0.15) is 13.2 Å². The van der Waals surface area contributed by atoms with Gasteiger partial charge in [-0.1, -0.05) is 6.08 Å². The molecule has 0 saturated heterocycles. The summed E-state index contributed by atoms with van der Waals surface area (Å²) in [4.78, 5) is 12.5. The van der Waals surface area contributed by atoms with Crippen LogP contribution >= 0.6 is 0 Å². The number of methoxy groups -OCH3 is 3. The number of hydrogen-bond donors (Lipinski definition) is 0. The Morgan fingerprint density at radius 3 is 2.38 bits per heavy atom. The normalized spacial score (nSPS) is 12.7. The summed E-state index contributed by atoms with van der Waals surface area (Å²) < 4.78 is 26.9. The van der Waals surface area contributed by atoms with Crippen LogP contribution in [0.1, 0.15) is 15.9 Å². The van der Waals surface area contributed by atoms with E-state index in [-0.39, 0.29) is 5.78 Å². The highest BCUT2D eigenvalue weighted by Gasteiger charge is 2.18. The molecule has 0 amide bonds. The van der Waals surface area contributed by atoms with Gasteiger partial charge in [-0.05, 0) is 42.0 Å². The molecule has 3 rings (SSSR count). The van der Waals surface area contributed by atoms with Crippen LogP contribution in [0.4, 0.5) is 0 Å². The zero-order valence-corrected chi connectivity index (χ0v) is 14.9. The second-order valence-electron chi connectivity index (χ2n) is 5.51. The zero-order valence-electron chi connectivity index (χ0n) is 14.9. The molecular weight excluding hydrogens is 336 g/mol. The fraction of sp³-hybridized carbons (Fsp3) is 0.250. The predicted molar refractivity (Wildman–Crippen MR) is 96.9 cm³/mol. The summed E-state index contributed by atoms with van der Waals surface area (Å²) in [5, 5.41) is 0. The summed E-state index contributed by atoms with van der Waals surface area (Å²) in [6.07, 6.45) is 3.20. The first-order valence-corrected chi connectivity index (χ1v) is 8.08. The van der Waals surface area contributed by atoms with Gasteiger partial charge in [-0.3, -0.25) is 4.79 Å². The molecule has 0 unspecified atom stereocenters. The van der Waals surface area contributed by atoms with E-state index in [0.29, 0.717) is 47.5 Å². The van der Waals surface area contributed by atoms with Crippen molar-refractivity contribution in [1.82, 2.24) is 0 Å². The van der Waals surface area contributed by atoms with Gasteiger partial charge in [0.25, 0.3) is 0 Å². The van der Waals surface area contributed by atoms with Crippen LogP contribution in [0.25, 0.3) is 6.08 Å². The second-order valence-corrected chi connectivity index (χ2v) is 5.51. The smallest absolute Gasteiger partial charge is 0.203 e. The van der Waals surface area contributed by atoms with E-state index in [1.165, 1.54) is 13.2 Å². The van der Waals surface area contributed by atoms with Crippen LogP contribution < -0.4 is 23.7 Å². The van der Waals surface area contributed by atoms with Gasteiger partial charge in [0, 0.05) is 5.56 Å². The van der Waals surface area contributed by atoms with E-state index in [2.05, 4.69) is 0 Å². The van der Waals surface area contributed by atoms with Crippen LogP contribution in [0.3, 0.4) is 0 Å². The van der Waals surface area contributed by atoms with Crippen molar-refractivity contribution in [3.8, 4) is 28.7 Å². The van der Waals surface area contributed by atoms with Crippen molar-refractivity contribution >= 4 is 11.9 Å². The lowest BCUT2D eigenvalue weighted by Crippen LogP contribution is -2.16. The van der Waals surface area contributed by atoms with Crippen molar-refractivity contribution in [2.45, 2.75) is 0 Å². The van der Waals surface area contributed by atoms with Gasteiger partial charge in [-0.25, -0.2) is 0 Å². The number of carbonyl (C=O) groups excluding carboxylic acids is 1. The molecule has 6 nitrogen and oxygen atoms in total. The Labute approximate surface area is 151 Å². The number of fused-ring (bicyclic) bond motifs is 1. The first-order chi connectivity index (χ1) is 12.7. The number of carbonyl (C=O) groups is 1. The number of allylic oxidation sites excluding steroid dienone is 1. The Hall–Kier alpha value is -3.15. The fourth-order valence-electron chi connectivity index (χ4n) is 2.65. The monoisotopic (exact) mass is 356 g/mol. The van der Waals surface area contributed by atoms with Crippen molar-refractivity contribution in [2.24, 2.45) is 0 Å². The van der Waals surface area contributed by atoms with E-state index in [4.69, 9.17) is 23.7 Å². The van der Waals surface area contributed by atoms with Crippen LogP contribution in [0.15, 0.2) is 36.4 Å². The number of benzene rings is 2. The molecule has 0 radical (unpaired) electrons. The Morgan fingerprint density at radius 1 is 0.923 bits per heavy atom. The van der Waals surface area contributed by atoms with Crippen LogP contribution in [0.5, 0.6) is 28.7 Å². The molecule has 0 aliphatic carbocycles. The Kier molecular flexibility index (Phi) is 5.31. The molecule has 0 saturated carbocycles. The Morgan fingerprint density at radius 2 is 1.65 bits per heavy atom. The minimum absolute atomic E-state index is 0.153. The summed E-state index contributed by atoms with van der Waals surface area (Å²) in [5.74, 6) is 2.69. The van der Waals surface area contributed by atoms with E-state index < -0.39 is 0 Å². The molecule has 0 bridgehead atoms. The molecular formula is C20H20O6. The lowest BCUT2D eigenvalue weighted by Gasteiger charge is -2.20. The third kappa shape index (κ3) is 3.59. The molecule has 1 heterocycles. The number of ether oxygens (including phenoxy) is 5. The Bertz CT molecular complexity index is 823. The predicted octanol–water partition coefficient (Wildman–Crippen LogP) is 3.38.